The van der Waals surface area contributed by atoms with Crippen LogP contribution >= 0.6 is 0 Å². The Morgan fingerprint density at radius 3 is 2.50 bits per heavy atom. The number of methoxy groups -OCH3 is 2. The molecule has 5 rings (SSSR count). The highest BCUT2D eigenvalue weighted by Gasteiger charge is 2.38. The van der Waals surface area contributed by atoms with E-state index >= 15 is 0 Å². The number of nitrogens with zero attached hydrogens (tertiary/aromatic N) is 2. The summed E-state index contributed by atoms with van der Waals surface area (Å²) in [6.07, 6.45) is 1.59. The first kappa shape index (κ1) is 21.1. The van der Waals surface area contributed by atoms with Crippen molar-refractivity contribution in [3.8, 4) is 17.4 Å². The van der Waals surface area contributed by atoms with Crippen molar-refractivity contribution < 1.29 is 23.1 Å². The second-order valence-corrected chi connectivity index (χ2v) is 7.57. The monoisotopic (exact) mass is 460 g/mol. The minimum Gasteiger partial charge on any atom is -0.497 e. The van der Waals surface area contributed by atoms with Gasteiger partial charge in [0.05, 0.1) is 25.7 Å². The summed E-state index contributed by atoms with van der Waals surface area (Å²) in [5.74, 6) is -0.246. The van der Waals surface area contributed by atoms with Crippen LogP contribution < -0.4 is 37.5 Å². The summed E-state index contributed by atoms with van der Waals surface area (Å²) in [7, 11) is 3.08. The van der Waals surface area contributed by atoms with E-state index in [1.165, 1.54) is 11.7 Å². The van der Waals surface area contributed by atoms with E-state index in [-0.39, 0.29) is 28.4 Å². The minimum atomic E-state index is -0.793. The molecule has 0 saturated heterocycles. The van der Waals surface area contributed by atoms with Gasteiger partial charge in [-0.25, -0.2) is 9.36 Å². The normalized spacial score (nSPS) is 15.1. The van der Waals surface area contributed by atoms with Gasteiger partial charge in [-0.15, -0.1) is 0 Å². The SMILES string of the molecule is COc1cccc(/C=c2\c(=O)oc3n2-c2oc(N)nc2[C@H](c2cccc(OC)c2)C=3C(N)=O)c1. The maximum atomic E-state index is 13.0. The van der Waals surface area contributed by atoms with Crippen molar-refractivity contribution in [3.05, 3.63) is 86.7 Å². The van der Waals surface area contributed by atoms with Crippen molar-refractivity contribution in [1.29, 1.82) is 0 Å². The first-order valence-electron chi connectivity index (χ1n) is 10.2. The van der Waals surface area contributed by atoms with Crippen molar-refractivity contribution in [2.24, 2.45) is 5.73 Å². The molecule has 1 aliphatic heterocycles. The lowest BCUT2D eigenvalue weighted by Gasteiger charge is -2.21. The number of carbonyl (C=O) groups is 1. The van der Waals surface area contributed by atoms with E-state index in [0.717, 1.165) is 0 Å². The molecule has 0 bridgehead atoms. The smallest absolute Gasteiger partial charge is 0.362 e. The second-order valence-electron chi connectivity index (χ2n) is 7.57. The lowest BCUT2D eigenvalue weighted by atomic mass is 9.86. The molecule has 1 atom stereocenters. The zero-order valence-corrected chi connectivity index (χ0v) is 18.3. The van der Waals surface area contributed by atoms with Gasteiger partial charge >= 0.3 is 5.63 Å². The third kappa shape index (κ3) is 3.32. The Morgan fingerprint density at radius 1 is 1.09 bits per heavy atom. The van der Waals surface area contributed by atoms with E-state index in [0.29, 0.717) is 28.3 Å². The molecular weight excluding hydrogens is 440 g/mol. The molecule has 0 saturated carbocycles. The molecular formula is C24H20N4O6. The Labute approximate surface area is 192 Å². The third-order valence-electron chi connectivity index (χ3n) is 5.58. The number of ether oxygens (including phenoxy) is 2. The zero-order chi connectivity index (χ0) is 24.0. The number of benzene rings is 2. The topological polar surface area (TPSA) is 149 Å². The van der Waals surface area contributed by atoms with Gasteiger partial charge in [-0.1, -0.05) is 24.3 Å². The quantitative estimate of drug-likeness (QED) is 0.440. The molecule has 0 spiro atoms. The van der Waals surface area contributed by atoms with Gasteiger partial charge in [0.1, 0.15) is 22.5 Å². The number of oxazole rings is 2. The number of amides is 1. The number of primary amides is 1. The highest BCUT2D eigenvalue weighted by Crippen LogP contribution is 2.38. The van der Waals surface area contributed by atoms with Gasteiger partial charge in [-0.3, -0.25) is 4.79 Å². The number of hydrogen-bond donors (Lipinski definition) is 2. The first-order chi connectivity index (χ1) is 16.4. The van der Waals surface area contributed by atoms with Gasteiger partial charge in [-0.2, -0.15) is 4.98 Å². The molecule has 0 unspecified atom stereocenters. The van der Waals surface area contributed by atoms with Crippen LogP contribution in [0.15, 0.2) is 62.2 Å². The number of hydrogen-bond acceptors (Lipinski definition) is 8. The van der Waals surface area contributed by atoms with E-state index in [9.17, 15) is 9.59 Å². The fourth-order valence-electron chi connectivity index (χ4n) is 4.12. The molecule has 34 heavy (non-hydrogen) atoms. The summed E-state index contributed by atoms with van der Waals surface area (Å²) in [5.41, 5.74) is 12.6. The van der Waals surface area contributed by atoms with E-state index in [2.05, 4.69) is 4.98 Å². The van der Waals surface area contributed by atoms with Crippen molar-refractivity contribution in [2.75, 3.05) is 20.0 Å². The van der Waals surface area contributed by atoms with Crippen LogP contribution in [0.1, 0.15) is 22.7 Å². The Hall–Kier alpha value is -4.73. The predicted octanol–water partition coefficient (Wildman–Crippen LogP) is 0.628. The van der Waals surface area contributed by atoms with Gasteiger partial charge in [0.15, 0.2) is 0 Å². The predicted molar refractivity (Wildman–Crippen MR) is 122 cm³/mol. The minimum absolute atomic E-state index is 0.0384. The molecule has 1 amide bonds. The first-order valence-corrected chi connectivity index (χ1v) is 10.2. The van der Waals surface area contributed by atoms with Gasteiger partial charge in [0.25, 0.3) is 11.9 Å². The largest absolute Gasteiger partial charge is 0.497 e. The fraction of sp³-hybridized carbons (Fsp3) is 0.125. The summed E-state index contributed by atoms with van der Waals surface area (Å²) in [5, 5.41) is 0.100. The van der Waals surface area contributed by atoms with E-state index < -0.39 is 17.5 Å². The van der Waals surface area contributed by atoms with Gasteiger partial charge in [-0.05, 0) is 41.5 Å². The Bertz CT molecular complexity index is 1610. The summed E-state index contributed by atoms with van der Waals surface area (Å²) in [6, 6.07) is 14.0. The number of rotatable bonds is 5. The highest BCUT2D eigenvalue weighted by atomic mass is 16.5. The molecule has 2 aromatic heterocycles. The molecule has 3 heterocycles. The zero-order valence-electron chi connectivity index (χ0n) is 18.3. The summed E-state index contributed by atoms with van der Waals surface area (Å²) < 4.78 is 23.2. The van der Waals surface area contributed by atoms with Crippen LogP contribution in [-0.4, -0.2) is 29.7 Å². The Kier molecular flexibility index (Phi) is 4.97. The van der Waals surface area contributed by atoms with Crippen molar-refractivity contribution in [1.82, 2.24) is 9.55 Å². The van der Waals surface area contributed by atoms with Crippen LogP contribution in [0.25, 0.3) is 17.5 Å². The molecule has 0 aliphatic carbocycles. The molecule has 10 heteroatoms. The van der Waals surface area contributed by atoms with Gasteiger partial charge in [0, 0.05) is 0 Å². The Morgan fingerprint density at radius 2 is 1.79 bits per heavy atom. The van der Waals surface area contributed by atoms with Gasteiger partial charge in [0.2, 0.25) is 11.4 Å². The molecule has 4 aromatic rings. The Balaban J connectivity index is 1.87. The maximum absolute atomic E-state index is 13.0. The fourth-order valence-corrected chi connectivity index (χ4v) is 4.12. The van der Waals surface area contributed by atoms with Crippen LogP contribution in [0.3, 0.4) is 0 Å². The van der Waals surface area contributed by atoms with Gasteiger partial charge < -0.3 is 29.8 Å². The third-order valence-corrected chi connectivity index (χ3v) is 5.58. The number of carbonyl (C=O) groups excluding carboxylic acids is 1. The van der Waals surface area contributed by atoms with Crippen molar-refractivity contribution in [3.63, 3.8) is 0 Å². The molecule has 172 valence electrons. The molecule has 4 N–H and O–H groups in total. The van der Waals surface area contributed by atoms with Crippen LogP contribution in [0.5, 0.6) is 11.5 Å². The molecule has 0 fully saturated rings. The number of fused-ring (bicyclic) bond motifs is 3. The molecule has 2 aromatic carbocycles. The van der Waals surface area contributed by atoms with E-state index in [4.69, 9.17) is 29.8 Å². The summed E-state index contributed by atoms with van der Waals surface area (Å²) >= 11 is 0. The van der Waals surface area contributed by atoms with Crippen LogP contribution in [0.4, 0.5) is 6.01 Å². The van der Waals surface area contributed by atoms with Crippen molar-refractivity contribution in [2.45, 2.75) is 5.92 Å². The second kappa shape index (κ2) is 8.00. The maximum Gasteiger partial charge on any atom is 0.362 e. The van der Waals surface area contributed by atoms with E-state index in [1.54, 1.807) is 61.7 Å². The number of anilines is 1. The average Bonchev–Trinajstić information content (AvgIpc) is 3.37. The summed E-state index contributed by atoms with van der Waals surface area (Å²) in [4.78, 5) is 30.0. The molecule has 1 aliphatic rings. The highest BCUT2D eigenvalue weighted by molar-refractivity contribution is 6.15. The summed E-state index contributed by atoms with van der Waals surface area (Å²) in [6.45, 7) is 0. The molecule has 0 radical (unpaired) electrons. The lowest BCUT2D eigenvalue weighted by molar-refractivity contribution is -0.113. The lowest BCUT2D eigenvalue weighted by Crippen LogP contribution is -2.38. The number of nitrogens with two attached hydrogens (primary N) is 2. The van der Waals surface area contributed by atoms with Crippen LogP contribution in [0.2, 0.25) is 0 Å². The standard InChI is InChI=1S/C24H20N4O6/c1-31-14-7-3-5-12(9-14)10-16-23(30)33-21-18(20(25)29)17(13-6-4-8-15(11-13)32-2)19-22(28(16)21)34-24(26)27-19/h3-11,17H,1-2H3,(H2,25,29)(H2,26,27)/b16-10+/t17-/m1/s1. The average molecular weight is 460 g/mol. The van der Waals surface area contributed by atoms with E-state index in [1.807, 2.05) is 0 Å². The number of aromatic nitrogens is 2. The number of nitrogen functional groups attached to an aromatic ring is 1. The molecule has 10 nitrogen and oxygen atoms in total. The van der Waals surface area contributed by atoms with Crippen LogP contribution in [-0.2, 0) is 4.79 Å². The van der Waals surface area contributed by atoms with Crippen LogP contribution in [0, 0.1) is 0 Å². The van der Waals surface area contributed by atoms with Crippen molar-refractivity contribution >= 4 is 23.6 Å².